The van der Waals surface area contributed by atoms with E-state index >= 15 is 0 Å². The van der Waals surface area contributed by atoms with E-state index in [1.54, 1.807) is 18.3 Å². The van der Waals surface area contributed by atoms with Crippen LogP contribution in [0, 0.1) is 5.82 Å². The molecule has 28 heavy (non-hydrogen) atoms. The molecule has 0 fully saturated rings. The lowest BCUT2D eigenvalue weighted by atomic mass is 10.1. The molecule has 0 saturated heterocycles. The van der Waals surface area contributed by atoms with Gasteiger partial charge in [-0.05, 0) is 35.9 Å². The quantitative estimate of drug-likeness (QED) is 0.637. The van der Waals surface area contributed by atoms with E-state index in [-0.39, 0.29) is 25.4 Å². The smallest absolute Gasteiger partial charge is 0.416 e. The molecule has 1 aliphatic rings. The fourth-order valence-corrected chi connectivity index (χ4v) is 3.05. The van der Waals surface area contributed by atoms with Crippen molar-refractivity contribution >= 4 is 0 Å². The van der Waals surface area contributed by atoms with Crippen LogP contribution in [-0.4, -0.2) is 17.0 Å². The van der Waals surface area contributed by atoms with Crippen LogP contribution in [0.3, 0.4) is 0 Å². The summed E-state index contributed by atoms with van der Waals surface area (Å²) in [4.78, 5) is 0. The fraction of sp³-hybridized carbons (Fsp3) is 0.211. The van der Waals surface area contributed by atoms with E-state index in [4.69, 9.17) is 9.47 Å². The minimum Gasteiger partial charge on any atom is -0.454 e. The highest BCUT2D eigenvalue weighted by Gasteiger charge is 2.33. The number of rotatable bonds is 5. The molecule has 0 radical (unpaired) electrons. The number of benzene rings is 2. The summed E-state index contributed by atoms with van der Waals surface area (Å²) in [5.74, 6) is 0.349. The van der Waals surface area contributed by atoms with E-state index in [1.165, 1.54) is 0 Å². The molecule has 0 unspecified atom stereocenters. The van der Waals surface area contributed by atoms with Gasteiger partial charge in [-0.3, -0.25) is 5.10 Å². The maximum atomic E-state index is 13.2. The average molecular weight is 393 g/mol. The average Bonchev–Trinajstić information content (AvgIpc) is 3.30. The van der Waals surface area contributed by atoms with E-state index in [2.05, 4.69) is 15.5 Å². The van der Waals surface area contributed by atoms with Crippen LogP contribution in [0.15, 0.2) is 42.6 Å². The van der Waals surface area contributed by atoms with Crippen molar-refractivity contribution in [2.45, 2.75) is 19.3 Å². The molecule has 0 saturated carbocycles. The summed E-state index contributed by atoms with van der Waals surface area (Å²) >= 11 is 0. The van der Waals surface area contributed by atoms with Crippen molar-refractivity contribution in [1.82, 2.24) is 15.5 Å². The lowest BCUT2D eigenvalue weighted by Crippen LogP contribution is -2.17. The second-order valence-electron chi connectivity index (χ2n) is 6.24. The normalized spacial score (nSPS) is 13.1. The Labute approximate surface area is 157 Å². The number of aromatic amines is 1. The van der Waals surface area contributed by atoms with Crippen molar-refractivity contribution in [2.24, 2.45) is 0 Å². The van der Waals surface area contributed by atoms with Gasteiger partial charge in [0, 0.05) is 24.2 Å². The van der Waals surface area contributed by atoms with Crippen LogP contribution in [-0.2, 0) is 19.3 Å². The summed E-state index contributed by atoms with van der Waals surface area (Å²) < 4.78 is 63.1. The first-order valence-electron chi connectivity index (χ1n) is 8.40. The van der Waals surface area contributed by atoms with E-state index in [9.17, 15) is 17.6 Å². The number of alkyl halides is 3. The molecular formula is C19H15F4N3O2. The van der Waals surface area contributed by atoms with Gasteiger partial charge in [0.15, 0.2) is 11.5 Å². The third-order valence-electron chi connectivity index (χ3n) is 4.39. The molecular weight excluding hydrogens is 378 g/mol. The summed E-state index contributed by atoms with van der Waals surface area (Å²) in [7, 11) is 0. The van der Waals surface area contributed by atoms with Gasteiger partial charge in [-0.25, -0.2) is 4.39 Å². The van der Waals surface area contributed by atoms with Crippen LogP contribution in [0.25, 0.3) is 11.3 Å². The minimum absolute atomic E-state index is 0.0259. The summed E-state index contributed by atoms with van der Waals surface area (Å²) in [6.07, 6.45) is -3.02. The van der Waals surface area contributed by atoms with Gasteiger partial charge in [0.05, 0.1) is 17.5 Å². The van der Waals surface area contributed by atoms with Crippen molar-refractivity contribution in [2.75, 3.05) is 6.79 Å². The number of ether oxygens (including phenoxy) is 2. The summed E-state index contributed by atoms with van der Waals surface area (Å²) in [5.41, 5.74) is 1.30. The van der Waals surface area contributed by atoms with Crippen LogP contribution in [0.2, 0.25) is 0 Å². The minimum atomic E-state index is -4.62. The molecule has 3 aromatic rings. The number of halogens is 4. The van der Waals surface area contributed by atoms with E-state index in [1.807, 2.05) is 6.07 Å². The van der Waals surface area contributed by atoms with Crippen LogP contribution in [0.4, 0.5) is 17.6 Å². The monoisotopic (exact) mass is 393 g/mol. The Morgan fingerprint density at radius 2 is 1.79 bits per heavy atom. The van der Waals surface area contributed by atoms with Gasteiger partial charge in [0.1, 0.15) is 5.82 Å². The number of nitrogens with zero attached hydrogens (tertiary/aromatic N) is 1. The topological polar surface area (TPSA) is 59.2 Å². The Kier molecular flexibility index (Phi) is 4.68. The first kappa shape index (κ1) is 18.3. The zero-order valence-electron chi connectivity index (χ0n) is 14.4. The number of fused-ring (bicyclic) bond motifs is 1. The van der Waals surface area contributed by atoms with Gasteiger partial charge < -0.3 is 14.8 Å². The molecule has 2 aromatic carbocycles. The molecule has 4 rings (SSSR count). The fourth-order valence-electron chi connectivity index (χ4n) is 3.05. The second-order valence-corrected chi connectivity index (χ2v) is 6.24. The SMILES string of the molecule is Fc1ccc(CNCc2cn[nH]c2-c2ccc3c(c2)OCO3)c(C(F)(F)F)c1. The second kappa shape index (κ2) is 7.16. The molecule has 0 bridgehead atoms. The van der Waals surface area contributed by atoms with E-state index < -0.39 is 17.6 Å². The van der Waals surface area contributed by atoms with Crippen molar-refractivity contribution in [3.63, 3.8) is 0 Å². The number of H-pyrrole nitrogens is 1. The number of hydrogen-bond acceptors (Lipinski definition) is 4. The maximum Gasteiger partial charge on any atom is 0.416 e. The highest BCUT2D eigenvalue weighted by atomic mass is 19.4. The summed E-state index contributed by atoms with van der Waals surface area (Å²) in [6, 6.07) is 8.09. The highest BCUT2D eigenvalue weighted by molar-refractivity contribution is 5.66. The van der Waals surface area contributed by atoms with Gasteiger partial charge in [-0.1, -0.05) is 6.07 Å². The Balaban J connectivity index is 1.49. The summed E-state index contributed by atoms with van der Waals surface area (Å²) in [6.45, 7) is 0.366. The molecule has 9 heteroatoms. The third kappa shape index (κ3) is 3.65. The Hall–Kier alpha value is -3.07. The molecule has 1 aromatic heterocycles. The molecule has 2 N–H and O–H groups in total. The van der Waals surface area contributed by atoms with Crippen LogP contribution in [0.5, 0.6) is 11.5 Å². The molecule has 0 aliphatic carbocycles. The van der Waals surface area contributed by atoms with Gasteiger partial charge in [0.25, 0.3) is 0 Å². The lowest BCUT2D eigenvalue weighted by Gasteiger charge is -2.13. The zero-order valence-corrected chi connectivity index (χ0v) is 14.4. The Bertz CT molecular complexity index is 1000. The third-order valence-corrected chi connectivity index (χ3v) is 4.39. The standard InChI is InChI=1S/C19H15F4N3O2/c20-14-3-1-12(15(6-14)19(21,22)23)7-24-8-13-9-25-26-18(13)11-2-4-16-17(5-11)28-10-27-16/h1-6,9,24H,7-8,10H2,(H,25,26). The van der Waals surface area contributed by atoms with E-state index in [0.29, 0.717) is 17.6 Å². The van der Waals surface area contributed by atoms with Gasteiger partial charge >= 0.3 is 6.18 Å². The highest BCUT2D eigenvalue weighted by Crippen LogP contribution is 2.36. The van der Waals surface area contributed by atoms with Gasteiger partial charge in [-0.15, -0.1) is 0 Å². The molecule has 2 heterocycles. The first-order valence-corrected chi connectivity index (χ1v) is 8.40. The first-order chi connectivity index (χ1) is 13.4. The van der Waals surface area contributed by atoms with Gasteiger partial charge in [0.2, 0.25) is 6.79 Å². The van der Waals surface area contributed by atoms with Crippen molar-refractivity contribution in [3.05, 3.63) is 65.1 Å². The maximum absolute atomic E-state index is 13.2. The molecule has 146 valence electrons. The molecule has 0 atom stereocenters. The predicted molar refractivity (Wildman–Crippen MR) is 92.1 cm³/mol. The van der Waals surface area contributed by atoms with Crippen molar-refractivity contribution in [3.8, 4) is 22.8 Å². The molecule has 0 amide bonds. The largest absolute Gasteiger partial charge is 0.454 e. The van der Waals surface area contributed by atoms with Crippen LogP contribution in [0.1, 0.15) is 16.7 Å². The van der Waals surface area contributed by atoms with Crippen LogP contribution >= 0.6 is 0 Å². The van der Waals surface area contributed by atoms with Gasteiger partial charge in [-0.2, -0.15) is 18.3 Å². The number of aromatic nitrogens is 2. The predicted octanol–water partition coefficient (Wildman–Crippen LogP) is 4.25. The van der Waals surface area contributed by atoms with E-state index in [0.717, 1.165) is 29.0 Å². The molecule has 1 aliphatic heterocycles. The Morgan fingerprint density at radius 1 is 1.00 bits per heavy atom. The number of hydrogen-bond donors (Lipinski definition) is 2. The lowest BCUT2D eigenvalue weighted by molar-refractivity contribution is -0.138. The number of nitrogens with one attached hydrogen (secondary N) is 2. The molecule has 0 spiro atoms. The molecule has 5 nitrogen and oxygen atoms in total. The Morgan fingerprint density at radius 3 is 2.61 bits per heavy atom. The zero-order chi connectivity index (χ0) is 19.7. The van der Waals surface area contributed by atoms with Crippen molar-refractivity contribution in [1.29, 1.82) is 0 Å². The van der Waals surface area contributed by atoms with Crippen molar-refractivity contribution < 1.29 is 27.0 Å². The van der Waals surface area contributed by atoms with Crippen LogP contribution < -0.4 is 14.8 Å². The summed E-state index contributed by atoms with van der Waals surface area (Å²) in [5, 5.41) is 9.87.